The van der Waals surface area contributed by atoms with E-state index in [1.165, 1.54) is 7.11 Å². The lowest BCUT2D eigenvalue weighted by molar-refractivity contribution is 0.0730. The lowest BCUT2D eigenvalue weighted by Crippen LogP contribution is -2.10. The summed E-state index contributed by atoms with van der Waals surface area (Å²) in [6, 6.07) is 20.8. The van der Waals surface area contributed by atoms with E-state index in [1.807, 2.05) is 12.1 Å². The van der Waals surface area contributed by atoms with Crippen LogP contribution in [-0.4, -0.2) is 23.0 Å². The molecule has 0 saturated heterocycles. The molecule has 0 spiro atoms. The van der Waals surface area contributed by atoms with Gasteiger partial charge in [-0.2, -0.15) is 0 Å². The highest BCUT2D eigenvalue weighted by Crippen LogP contribution is 2.32. The number of benzene rings is 3. The molecule has 4 aromatic rings. The highest BCUT2D eigenvalue weighted by atomic mass is 16.6. The fourth-order valence-corrected chi connectivity index (χ4v) is 2.86. The zero-order valence-corrected chi connectivity index (χ0v) is 15.0. The number of H-pyrrole nitrogens is 1. The number of aromatic amines is 1. The molecule has 0 atom stereocenters. The molecule has 0 saturated carbocycles. The van der Waals surface area contributed by atoms with Gasteiger partial charge >= 0.3 is 5.97 Å². The van der Waals surface area contributed by atoms with Gasteiger partial charge in [-0.15, -0.1) is 0 Å². The Balaban J connectivity index is 1.69. The van der Waals surface area contributed by atoms with Gasteiger partial charge in [-0.05, 0) is 42.5 Å². The largest absolute Gasteiger partial charge is 0.493 e. The van der Waals surface area contributed by atoms with E-state index in [2.05, 4.69) is 9.97 Å². The SMILES string of the molecule is COc1cc(-c2nc3ccccc3c(=O)[nH]2)ccc1OC(=O)c1ccccc1. The quantitative estimate of drug-likeness (QED) is 0.435. The molecule has 0 aliphatic heterocycles. The van der Waals surface area contributed by atoms with Crippen LogP contribution in [0.5, 0.6) is 11.5 Å². The predicted molar refractivity (Wildman–Crippen MR) is 106 cm³/mol. The van der Waals surface area contributed by atoms with E-state index in [4.69, 9.17) is 9.47 Å². The lowest BCUT2D eigenvalue weighted by atomic mass is 10.1. The van der Waals surface area contributed by atoms with E-state index < -0.39 is 5.97 Å². The summed E-state index contributed by atoms with van der Waals surface area (Å²) < 4.78 is 10.8. The molecule has 0 bridgehead atoms. The minimum absolute atomic E-state index is 0.223. The Bertz CT molecular complexity index is 1220. The number of nitrogens with zero attached hydrogens (tertiary/aromatic N) is 1. The highest BCUT2D eigenvalue weighted by Gasteiger charge is 2.14. The van der Waals surface area contributed by atoms with Crippen molar-refractivity contribution in [1.82, 2.24) is 9.97 Å². The van der Waals surface area contributed by atoms with Gasteiger partial charge in [-0.25, -0.2) is 9.78 Å². The molecule has 0 aliphatic carbocycles. The van der Waals surface area contributed by atoms with Crippen LogP contribution in [0.25, 0.3) is 22.3 Å². The van der Waals surface area contributed by atoms with E-state index in [1.54, 1.807) is 60.7 Å². The average Bonchev–Trinajstić information content (AvgIpc) is 2.74. The molecule has 138 valence electrons. The van der Waals surface area contributed by atoms with Gasteiger partial charge < -0.3 is 14.5 Å². The molecule has 0 radical (unpaired) electrons. The normalized spacial score (nSPS) is 10.6. The molecule has 0 unspecified atom stereocenters. The summed E-state index contributed by atoms with van der Waals surface area (Å²) in [6.07, 6.45) is 0. The molecule has 28 heavy (non-hydrogen) atoms. The zero-order chi connectivity index (χ0) is 19.5. The number of ether oxygens (including phenoxy) is 2. The zero-order valence-electron chi connectivity index (χ0n) is 15.0. The Hall–Kier alpha value is -3.93. The Labute approximate surface area is 160 Å². The third-order valence-corrected chi connectivity index (χ3v) is 4.26. The number of para-hydroxylation sites is 1. The Kier molecular flexibility index (Phi) is 4.60. The minimum Gasteiger partial charge on any atom is -0.493 e. The predicted octanol–water partition coefficient (Wildman–Crippen LogP) is 3.82. The number of carbonyl (C=O) groups excluding carboxylic acids is 1. The molecule has 0 aliphatic rings. The summed E-state index contributed by atoms with van der Waals surface area (Å²) in [6.45, 7) is 0. The van der Waals surface area contributed by atoms with Crippen molar-refractivity contribution in [3.8, 4) is 22.9 Å². The van der Waals surface area contributed by atoms with Gasteiger partial charge in [-0.1, -0.05) is 30.3 Å². The molecule has 3 aromatic carbocycles. The standard InChI is InChI=1S/C22H16N2O4/c1-27-19-13-15(20-23-17-10-6-5-9-16(17)21(25)24-20)11-12-18(19)28-22(26)14-7-3-2-4-8-14/h2-13H,1H3,(H,23,24,25). The van der Waals surface area contributed by atoms with E-state index in [-0.39, 0.29) is 11.3 Å². The van der Waals surface area contributed by atoms with Crippen molar-refractivity contribution in [2.75, 3.05) is 7.11 Å². The van der Waals surface area contributed by atoms with Gasteiger partial charge in [-0.3, -0.25) is 4.79 Å². The molecule has 4 rings (SSSR count). The van der Waals surface area contributed by atoms with Crippen molar-refractivity contribution in [3.63, 3.8) is 0 Å². The molecule has 6 heteroatoms. The molecule has 1 heterocycles. The summed E-state index contributed by atoms with van der Waals surface area (Å²) in [4.78, 5) is 31.9. The first-order chi connectivity index (χ1) is 13.7. The van der Waals surface area contributed by atoms with Gasteiger partial charge in [0.2, 0.25) is 0 Å². The first kappa shape index (κ1) is 17.5. The van der Waals surface area contributed by atoms with Crippen LogP contribution in [-0.2, 0) is 0 Å². The Morgan fingerprint density at radius 1 is 0.929 bits per heavy atom. The number of hydrogen-bond donors (Lipinski definition) is 1. The maximum Gasteiger partial charge on any atom is 0.343 e. The Morgan fingerprint density at radius 2 is 1.68 bits per heavy atom. The first-order valence-corrected chi connectivity index (χ1v) is 8.60. The van der Waals surface area contributed by atoms with Crippen molar-refractivity contribution in [2.45, 2.75) is 0 Å². The van der Waals surface area contributed by atoms with Crippen LogP contribution < -0.4 is 15.0 Å². The van der Waals surface area contributed by atoms with Crippen molar-refractivity contribution in [3.05, 3.63) is 88.7 Å². The van der Waals surface area contributed by atoms with E-state index >= 15 is 0 Å². The average molecular weight is 372 g/mol. The fraction of sp³-hybridized carbons (Fsp3) is 0.0455. The molecular weight excluding hydrogens is 356 g/mol. The molecule has 1 aromatic heterocycles. The van der Waals surface area contributed by atoms with Crippen molar-refractivity contribution in [2.24, 2.45) is 0 Å². The number of esters is 1. The van der Waals surface area contributed by atoms with Crippen molar-refractivity contribution in [1.29, 1.82) is 0 Å². The Morgan fingerprint density at radius 3 is 2.46 bits per heavy atom. The number of nitrogens with one attached hydrogen (secondary N) is 1. The van der Waals surface area contributed by atoms with Crippen molar-refractivity contribution >= 4 is 16.9 Å². The van der Waals surface area contributed by atoms with Crippen LogP contribution in [0.2, 0.25) is 0 Å². The number of carbonyl (C=O) groups is 1. The van der Waals surface area contributed by atoms with Gasteiger partial charge in [0.05, 0.1) is 23.6 Å². The smallest absolute Gasteiger partial charge is 0.343 e. The highest BCUT2D eigenvalue weighted by molar-refractivity contribution is 5.91. The molecule has 0 amide bonds. The fourth-order valence-electron chi connectivity index (χ4n) is 2.86. The van der Waals surface area contributed by atoms with Gasteiger partial charge in [0.15, 0.2) is 11.5 Å². The number of hydrogen-bond acceptors (Lipinski definition) is 5. The number of aromatic nitrogens is 2. The summed E-state index contributed by atoms with van der Waals surface area (Å²) in [5.41, 5.74) is 1.45. The molecular formula is C22H16N2O4. The maximum atomic E-state index is 12.3. The topological polar surface area (TPSA) is 81.3 Å². The van der Waals surface area contributed by atoms with E-state index in [0.717, 1.165) is 0 Å². The molecule has 1 N–H and O–H groups in total. The van der Waals surface area contributed by atoms with E-state index in [9.17, 15) is 9.59 Å². The number of methoxy groups -OCH3 is 1. The minimum atomic E-state index is -0.483. The van der Waals surface area contributed by atoms with Crippen LogP contribution in [0.1, 0.15) is 10.4 Å². The molecule has 6 nitrogen and oxygen atoms in total. The van der Waals surface area contributed by atoms with E-state index in [0.29, 0.717) is 33.6 Å². The third kappa shape index (κ3) is 3.35. The van der Waals surface area contributed by atoms with Crippen LogP contribution in [0.4, 0.5) is 0 Å². The number of fused-ring (bicyclic) bond motifs is 1. The lowest BCUT2D eigenvalue weighted by Gasteiger charge is -2.11. The second kappa shape index (κ2) is 7.36. The number of rotatable bonds is 4. The molecule has 0 fully saturated rings. The van der Waals surface area contributed by atoms with Gasteiger partial charge in [0.25, 0.3) is 5.56 Å². The summed E-state index contributed by atoms with van der Waals surface area (Å²) in [5.74, 6) is 0.563. The van der Waals surface area contributed by atoms with Crippen LogP contribution in [0.15, 0.2) is 77.6 Å². The second-order valence-corrected chi connectivity index (χ2v) is 6.05. The van der Waals surface area contributed by atoms with Crippen LogP contribution >= 0.6 is 0 Å². The second-order valence-electron chi connectivity index (χ2n) is 6.05. The summed E-state index contributed by atoms with van der Waals surface area (Å²) >= 11 is 0. The first-order valence-electron chi connectivity index (χ1n) is 8.60. The maximum absolute atomic E-state index is 12.3. The summed E-state index contributed by atoms with van der Waals surface area (Å²) in [5, 5.41) is 0.520. The van der Waals surface area contributed by atoms with Crippen LogP contribution in [0, 0.1) is 0 Å². The summed E-state index contributed by atoms with van der Waals surface area (Å²) in [7, 11) is 1.48. The third-order valence-electron chi connectivity index (χ3n) is 4.26. The monoisotopic (exact) mass is 372 g/mol. The van der Waals surface area contributed by atoms with Gasteiger partial charge in [0, 0.05) is 5.56 Å². The van der Waals surface area contributed by atoms with Gasteiger partial charge in [0.1, 0.15) is 5.82 Å². The van der Waals surface area contributed by atoms with Crippen LogP contribution in [0.3, 0.4) is 0 Å². The van der Waals surface area contributed by atoms with Crippen molar-refractivity contribution < 1.29 is 14.3 Å².